The molecule has 0 aromatic carbocycles. The number of hydrogen-bond donors (Lipinski definition) is 2. The van der Waals surface area contributed by atoms with E-state index in [1.807, 2.05) is 6.92 Å². The van der Waals surface area contributed by atoms with Gasteiger partial charge in [-0.15, -0.1) is 0 Å². The quantitative estimate of drug-likeness (QED) is 0.393. The summed E-state index contributed by atoms with van der Waals surface area (Å²) in [5.74, 6) is -1.70. The molecule has 1 unspecified atom stereocenters. The number of aliphatic carboxylic acids is 1. The van der Waals surface area contributed by atoms with Crippen LogP contribution in [-0.2, 0) is 22.9 Å². The number of carbonyl (C=O) groups is 2. The first-order valence-electron chi connectivity index (χ1n) is 7.59. The molecule has 0 spiro atoms. The highest BCUT2D eigenvalue weighted by Gasteiger charge is 2.37. The maximum absolute atomic E-state index is 12.1. The summed E-state index contributed by atoms with van der Waals surface area (Å²) in [6.45, 7) is 2.61. The molecule has 7 nitrogen and oxygen atoms in total. The molecule has 0 aliphatic carbocycles. The molecule has 0 heterocycles. The number of nitrogens with one attached hydrogen (secondary N) is 1. The van der Waals surface area contributed by atoms with E-state index in [9.17, 15) is 9.59 Å². The summed E-state index contributed by atoms with van der Waals surface area (Å²) in [5.41, 5.74) is 0. The van der Waals surface area contributed by atoms with Gasteiger partial charge < -0.3 is 23.7 Å². The van der Waals surface area contributed by atoms with Gasteiger partial charge in [0.1, 0.15) is 0 Å². The lowest BCUT2D eigenvalue weighted by Crippen LogP contribution is -2.42. The average Bonchev–Trinajstić information content (AvgIpc) is 2.50. The normalized spacial score (nSPS) is 12.9. The Bertz CT molecular complexity index is 327. The number of amides is 1. The van der Waals surface area contributed by atoms with E-state index in [0.717, 1.165) is 12.8 Å². The van der Waals surface area contributed by atoms with Gasteiger partial charge in [0.25, 0.3) is 0 Å². The monoisotopic (exact) mass is 335 g/mol. The Labute approximate surface area is 133 Å². The lowest BCUT2D eigenvalue weighted by molar-refractivity contribution is -0.141. The molecule has 0 aliphatic rings. The predicted octanol–water partition coefficient (Wildman–Crippen LogP) is 1.65. The second-order valence-corrected chi connectivity index (χ2v) is 8.22. The van der Waals surface area contributed by atoms with Crippen LogP contribution >= 0.6 is 0 Å². The van der Waals surface area contributed by atoms with Gasteiger partial charge >= 0.3 is 14.8 Å². The highest BCUT2D eigenvalue weighted by Crippen LogP contribution is 2.20. The fourth-order valence-electron chi connectivity index (χ4n) is 2.19. The minimum atomic E-state index is -2.67. The lowest BCUT2D eigenvalue weighted by Gasteiger charge is -2.25. The molecule has 0 bridgehead atoms. The van der Waals surface area contributed by atoms with Crippen molar-refractivity contribution >= 4 is 20.7 Å². The van der Waals surface area contributed by atoms with Crippen molar-refractivity contribution in [3.63, 3.8) is 0 Å². The van der Waals surface area contributed by atoms with Crippen LogP contribution in [0.25, 0.3) is 0 Å². The number of carboxylic acids is 1. The molecule has 0 rings (SSSR count). The first-order chi connectivity index (χ1) is 10.4. The van der Waals surface area contributed by atoms with Crippen molar-refractivity contribution in [3.05, 3.63) is 0 Å². The molecule has 0 radical (unpaired) electrons. The van der Waals surface area contributed by atoms with Crippen molar-refractivity contribution < 1.29 is 28.0 Å². The molecule has 130 valence electrons. The van der Waals surface area contributed by atoms with Crippen molar-refractivity contribution in [2.24, 2.45) is 5.92 Å². The van der Waals surface area contributed by atoms with E-state index < -0.39 is 20.7 Å². The maximum atomic E-state index is 12.1. The van der Waals surface area contributed by atoms with Gasteiger partial charge in [-0.25, -0.2) is 0 Å². The van der Waals surface area contributed by atoms with Crippen LogP contribution in [0.2, 0.25) is 6.04 Å². The molecule has 0 fully saturated rings. The van der Waals surface area contributed by atoms with Crippen molar-refractivity contribution in [1.82, 2.24) is 5.32 Å². The number of carbonyl (C=O) groups excluding carboxylic acids is 1. The summed E-state index contributed by atoms with van der Waals surface area (Å²) < 4.78 is 16.0. The van der Waals surface area contributed by atoms with Crippen LogP contribution in [0.4, 0.5) is 0 Å². The molecule has 1 atom stereocenters. The molecule has 0 saturated heterocycles. The van der Waals surface area contributed by atoms with Crippen molar-refractivity contribution in [2.45, 2.75) is 45.1 Å². The maximum Gasteiger partial charge on any atom is 0.500 e. The summed E-state index contributed by atoms with van der Waals surface area (Å²) in [6, 6.07) is 0.550. The average molecular weight is 335 g/mol. The molecular weight excluding hydrogens is 306 g/mol. The Hall–Kier alpha value is -0.963. The molecule has 0 aliphatic heterocycles. The largest absolute Gasteiger partial charge is 0.500 e. The van der Waals surface area contributed by atoms with Crippen molar-refractivity contribution in [2.75, 3.05) is 27.9 Å². The third-order valence-electron chi connectivity index (χ3n) is 3.59. The SMILES string of the molecule is CCCCNC(=O)C(CCC[Si](OC)(OC)OC)CC(=O)O. The molecule has 22 heavy (non-hydrogen) atoms. The molecule has 0 saturated carbocycles. The minimum Gasteiger partial charge on any atom is -0.481 e. The third-order valence-corrected chi connectivity index (χ3v) is 6.42. The minimum absolute atomic E-state index is 0.167. The van der Waals surface area contributed by atoms with Crippen LogP contribution < -0.4 is 5.32 Å². The standard InChI is InChI=1S/C14H29NO6Si/c1-5-6-9-15-14(18)12(11-13(16)17)8-7-10-22(19-2,20-3)21-4/h12H,5-11H2,1-4H3,(H,15,18)(H,16,17). The van der Waals surface area contributed by atoms with Crippen LogP contribution in [0.3, 0.4) is 0 Å². The summed E-state index contributed by atoms with van der Waals surface area (Å²) >= 11 is 0. The topological polar surface area (TPSA) is 94.1 Å². The van der Waals surface area contributed by atoms with Gasteiger partial charge in [0.15, 0.2) is 0 Å². The Morgan fingerprint density at radius 3 is 2.18 bits per heavy atom. The number of carboxylic acid groups (broad SMARTS) is 1. The van der Waals surface area contributed by atoms with E-state index in [2.05, 4.69) is 5.32 Å². The number of hydrogen-bond acceptors (Lipinski definition) is 5. The van der Waals surface area contributed by atoms with E-state index >= 15 is 0 Å². The Morgan fingerprint density at radius 2 is 1.73 bits per heavy atom. The van der Waals surface area contributed by atoms with E-state index in [1.54, 1.807) is 0 Å². The second kappa shape index (κ2) is 11.6. The third kappa shape index (κ3) is 7.88. The lowest BCUT2D eigenvalue weighted by atomic mass is 9.99. The molecule has 2 N–H and O–H groups in total. The van der Waals surface area contributed by atoms with E-state index in [0.29, 0.717) is 25.4 Å². The van der Waals surface area contributed by atoms with Gasteiger partial charge in [-0.2, -0.15) is 0 Å². The van der Waals surface area contributed by atoms with Crippen LogP contribution in [0, 0.1) is 5.92 Å². The Balaban J connectivity index is 4.46. The second-order valence-electron chi connectivity index (χ2n) is 5.13. The fraction of sp³-hybridized carbons (Fsp3) is 0.857. The first-order valence-corrected chi connectivity index (χ1v) is 9.52. The smallest absolute Gasteiger partial charge is 0.481 e. The van der Waals surface area contributed by atoms with Crippen LogP contribution in [0.1, 0.15) is 39.0 Å². The molecule has 8 heteroatoms. The zero-order chi connectivity index (χ0) is 17.0. The molecule has 0 aromatic rings. The van der Waals surface area contributed by atoms with E-state index in [1.165, 1.54) is 21.3 Å². The Morgan fingerprint density at radius 1 is 1.14 bits per heavy atom. The van der Waals surface area contributed by atoms with Gasteiger partial charge in [-0.1, -0.05) is 13.3 Å². The van der Waals surface area contributed by atoms with Crippen LogP contribution in [0.15, 0.2) is 0 Å². The van der Waals surface area contributed by atoms with Gasteiger partial charge in [-0.05, 0) is 19.3 Å². The summed E-state index contributed by atoms with van der Waals surface area (Å²) in [7, 11) is 1.93. The number of rotatable bonds is 13. The highest BCUT2D eigenvalue weighted by atomic mass is 28.4. The van der Waals surface area contributed by atoms with E-state index in [4.69, 9.17) is 18.4 Å². The van der Waals surface area contributed by atoms with Gasteiger partial charge in [0.2, 0.25) is 5.91 Å². The zero-order valence-corrected chi connectivity index (χ0v) is 15.0. The first kappa shape index (κ1) is 21.0. The zero-order valence-electron chi connectivity index (χ0n) is 14.0. The van der Waals surface area contributed by atoms with Crippen LogP contribution in [-0.4, -0.2) is 53.7 Å². The molecular formula is C14H29NO6Si. The van der Waals surface area contributed by atoms with Gasteiger partial charge in [0, 0.05) is 39.8 Å². The van der Waals surface area contributed by atoms with Crippen molar-refractivity contribution in [1.29, 1.82) is 0 Å². The summed E-state index contributed by atoms with van der Waals surface area (Å²) in [6.07, 6.45) is 2.78. The van der Waals surface area contributed by atoms with Crippen molar-refractivity contribution in [3.8, 4) is 0 Å². The molecule has 0 aromatic heterocycles. The highest BCUT2D eigenvalue weighted by molar-refractivity contribution is 6.60. The van der Waals surface area contributed by atoms with Gasteiger partial charge in [-0.3, -0.25) is 9.59 Å². The summed E-state index contributed by atoms with van der Waals surface area (Å²) in [4.78, 5) is 23.0. The predicted molar refractivity (Wildman–Crippen MR) is 84.5 cm³/mol. The Kier molecular flexibility index (Phi) is 11.1. The summed E-state index contributed by atoms with van der Waals surface area (Å²) in [5, 5.41) is 11.8. The molecule has 1 amide bonds. The van der Waals surface area contributed by atoms with E-state index in [-0.39, 0.29) is 12.3 Å². The van der Waals surface area contributed by atoms with Gasteiger partial charge in [0.05, 0.1) is 6.42 Å². The fourth-order valence-corrected chi connectivity index (χ4v) is 3.94. The van der Waals surface area contributed by atoms with Crippen LogP contribution in [0.5, 0.6) is 0 Å². The number of unbranched alkanes of at least 4 members (excludes halogenated alkanes) is 1.